The van der Waals surface area contributed by atoms with E-state index in [1.807, 2.05) is 0 Å². The van der Waals surface area contributed by atoms with Crippen molar-refractivity contribution in [1.82, 2.24) is 0 Å². The Bertz CT molecular complexity index is 827. The number of aliphatic hydroxyl groups is 1. The summed E-state index contributed by atoms with van der Waals surface area (Å²) in [6.07, 6.45) is 14.5. The van der Waals surface area contributed by atoms with E-state index >= 15 is 0 Å². The van der Waals surface area contributed by atoms with Crippen molar-refractivity contribution in [1.29, 1.82) is 0 Å². The molecular weight excluding hydrogens is 392 g/mol. The smallest absolute Gasteiger partial charge is 0.145 e. The monoisotopic (exact) mass is 440 g/mol. The molecular formula is C30H48O2. The van der Waals surface area contributed by atoms with Gasteiger partial charge in [-0.3, -0.25) is 4.79 Å². The van der Waals surface area contributed by atoms with Crippen molar-refractivity contribution in [2.75, 3.05) is 0 Å². The lowest BCUT2D eigenvalue weighted by atomic mass is 9.31. The van der Waals surface area contributed by atoms with Crippen molar-refractivity contribution in [2.24, 2.45) is 56.7 Å². The molecule has 0 aliphatic heterocycles. The average molecular weight is 441 g/mol. The molecule has 0 spiro atoms. The second-order valence-corrected chi connectivity index (χ2v) is 14.5. The summed E-state index contributed by atoms with van der Waals surface area (Å²) >= 11 is 0. The molecule has 1 N–H and O–H groups in total. The Balaban J connectivity index is 1.55. The molecule has 10 unspecified atom stereocenters. The van der Waals surface area contributed by atoms with Gasteiger partial charge in [0.15, 0.2) is 0 Å². The van der Waals surface area contributed by atoms with Crippen molar-refractivity contribution < 1.29 is 9.90 Å². The van der Waals surface area contributed by atoms with Crippen LogP contribution in [0.3, 0.4) is 0 Å². The molecule has 0 aromatic rings. The van der Waals surface area contributed by atoms with Gasteiger partial charge in [-0.25, -0.2) is 0 Å². The maximum absolute atomic E-state index is 11.9. The molecule has 0 radical (unpaired) electrons. The fourth-order valence-corrected chi connectivity index (χ4v) is 11.3. The second-order valence-electron chi connectivity index (χ2n) is 14.5. The molecule has 0 aromatic heterocycles. The maximum Gasteiger partial charge on any atom is 0.145 e. The van der Waals surface area contributed by atoms with Crippen LogP contribution >= 0.6 is 0 Å². The van der Waals surface area contributed by atoms with Crippen molar-refractivity contribution in [2.45, 2.75) is 112 Å². The number of rotatable bonds is 1. The quantitative estimate of drug-likeness (QED) is 0.438. The van der Waals surface area contributed by atoms with E-state index in [1.54, 1.807) is 0 Å². The van der Waals surface area contributed by atoms with Gasteiger partial charge in [0.05, 0.1) is 6.10 Å². The molecule has 0 aromatic carbocycles. The number of allylic oxidation sites excluding steroid dienone is 2. The topological polar surface area (TPSA) is 37.3 Å². The summed E-state index contributed by atoms with van der Waals surface area (Å²) in [5, 5.41) is 10.9. The van der Waals surface area contributed by atoms with Crippen LogP contribution in [-0.4, -0.2) is 17.5 Å². The minimum Gasteiger partial charge on any atom is -0.393 e. The Labute approximate surface area is 197 Å². The number of aldehydes is 1. The van der Waals surface area contributed by atoms with Gasteiger partial charge in [-0.1, -0.05) is 54.5 Å². The largest absolute Gasteiger partial charge is 0.393 e. The molecule has 0 saturated heterocycles. The van der Waals surface area contributed by atoms with Gasteiger partial charge >= 0.3 is 0 Å². The molecule has 5 aliphatic carbocycles. The SMILES string of the molecule is CC1C(C=O)=CCC2(C)CCC3(C)C(CCC4C5(C)CCC(O)C(C)(C)C5CCC43C)C12. The third kappa shape index (κ3) is 2.65. The highest BCUT2D eigenvalue weighted by atomic mass is 16.3. The predicted octanol–water partition coefficient (Wildman–Crippen LogP) is 7.20. The highest BCUT2D eigenvalue weighted by Crippen LogP contribution is 2.76. The third-order valence-corrected chi connectivity index (χ3v) is 13.4. The predicted molar refractivity (Wildman–Crippen MR) is 131 cm³/mol. The normalized spacial score (nSPS) is 56.7. The average Bonchev–Trinajstić information content (AvgIpc) is 2.72. The molecule has 0 amide bonds. The first-order valence-corrected chi connectivity index (χ1v) is 13.7. The number of hydrogen-bond donors (Lipinski definition) is 1. The number of hydrogen-bond acceptors (Lipinski definition) is 2. The van der Waals surface area contributed by atoms with E-state index in [9.17, 15) is 9.90 Å². The zero-order chi connectivity index (χ0) is 23.3. The zero-order valence-corrected chi connectivity index (χ0v) is 21.8. The Kier molecular flexibility index (Phi) is 5.03. The highest BCUT2D eigenvalue weighted by Gasteiger charge is 2.69. The van der Waals surface area contributed by atoms with Gasteiger partial charge in [-0.05, 0) is 120 Å². The molecule has 32 heavy (non-hydrogen) atoms. The van der Waals surface area contributed by atoms with Crippen LogP contribution in [0.25, 0.3) is 0 Å². The van der Waals surface area contributed by atoms with Crippen LogP contribution in [0.1, 0.15) is 106 Å². The Morgan fingerprint density at radius 3 is 2.28 bits per heavy atom. The first kappa shape index (κ1) is 23.1. The van der Waals surface area contributed by atoms with Crippen LogP contribution in [-0.2, 0) is 4.79 Å². The van der Waals surface area contributed by atoms with E-state index in [2.05, 4.69) is 54.5 Å². The number of aliphatic hydroxyl groups excluding tert-OH is 1. The Morgan fingerprint density at radius 2 is 1.59 bits per heavy atom. The molecule has 4 saturated carbocycles. The summed E-state index contributed by atoms with van der Waals surface area (Å²) in [6.45, 7) is 17.5. The summed E-state index contributed by atoms with van der Waals surface area (Å²) in [4.78, 5) is 11.9. The van der Waals surface area contributed by atoms with Gasteiger partial charge in [0.25, 0.3) is 0 Å². The van der Waals surface area contributed by atoms with Crippen molar-refractivity contribution in [3.8, 4) is 0 Å². The maximum atomic E-state index is 11.9. The van der Waals surface area contributed by atoms with Gasteiger partial charge in [-0.2, -0.15) is 0 Å². The summed E-state index contributed by atoms with van der Waals surface area (Å²) in [5.74, 6) is 3.14. The van der Waals surface area contributed by atoms with Gasteiger partial charge in [0.2, 0.25) is 0 Å². The number of fused-ring (bicyclic) bond motifs is 7. The van der Waals surface area contributed by atoms with E-state index in [0.717, 1.165) is 36.5 Å². The van der Waals surface area contributed by atoms with E-state index in [4.69, 9.17) is 0 Å². The number of carbonyl (C=O) groups is 1. The first-order valence-electron chi connectivity index (χ1n) is 13.7. The lowest BCUT2D eigenvalue weighted by molar-refractivity contribution is -0.250. The van der Waals surface area contributed by atoms with Gasteiger partial charge in [0, 0.05) is 0 Å². The van der Waals surface area contributed by atoms with Crippen molar-refractivity contribution in [3.05, 3.63) is 11.6 Å². The standard InChI is InChI=1S/C30H48O2/c1-19-20(18-31)10-13-27(4)16-17-29(6)21(25(19)27)8-9-23-28(5)14-12-24(32)26(2,3)22(28)11-15-30(23,29)7/h10,18-19,21-25,32H,8-9,11-17H2,1-7H3. The van der Waals surface area contributed by atoms with Crippen molar-refractivity contribution >= 4 is 6.29 Å². The minimum atomic E-state index is -0.149. The Morgan fingerprint density at radius 1 is 0.875 bits per heavy atom. The highest BCUT2D eigenvalue weighted by molar-refractivity contribution is 5.74. The fraction of sp³-hybridized carbons (Fsp3) is 0.900. The molecule has 4 fully saturated rings. The molecule has 180 valence electrons. The van der Waals surface area contributed by atoms with Crippen LogP contribution in [0.2, 0.25) is 0 Å². The first-order chi connectivity index (χ1) is 14.8. The number of carbonyl (C=O) groups excluding carboxylic acids is 1. The molecule has 5 aliphatic rings. The van der Waals surface area contributed by atoms with E-state index in [-0.39, 0.29) is 11.5 Å². The molecule has 0 heterocycles. The molecule has 2 nitrogen and oxygen atoms in total. The summed E-state index contributed by atoms with van der Waals surface area (Å²) in [7, 11) is 0. The fourth-order valence-electron chi connectivity index (χ4n) is 11.3. The molecule has 10 atom stereocenters. The van der Waals surface area contributed by atoms with Crippen LogP contribution in [0.5, 0.6) is 0 Å². The van der Waals surface area contributed by atoms with Crippen LogP contribution in [0.4, 0.5) is 0 Å². The molecule has 0 bridgehead atoms. The molecule has 2 heteroatoms. The molecule has 5 rings (SSSR count). The van der Waals surface area contributed by atoms with E-state index in [0.29, 0.717) is 39.4 Å². The summed E-state index contributed by atoms with van der Waals surface area (Å²) < 4.78 is 0. The van der Waals surface area contributed by atoms with Crippen LogP contribution in [0.15, 0.2) is 11.6 Å². The van der Waals surface area contributed by atoms with Gasteiger partial charge in [0.1, 0.15) is 6.29 Å². The Hall–Kier alpha value is -0.630. The van der Waals surface area contributed by atoms with Crippen LogP contribution < -0.4 is 0 Å². The van der Waals surface area contributed by atoms with Crippen molar-refractivity contribution in [3.63, 3.8) is 0 Å². The van der Waals surface area contributed by atoms with Crippen LogP contribution in [0, 0.1) is 56.7 Å². The zero-order valence-electron chi connectivity index (χ0n) is 21.8. The summed E-state index contributed by atoms with van der Waals surface area (Å²) in [5.41, 5.74) is 2.52. The second kappa shape index (κ2) is 6.96. The van der Waals surface area contributed by atoms with E-state index < -0.39 is 0 Å². The lowest BCUT2D eigenvalue weighted by Crippen LogP contribution is -2.67. The minimum absolute atomic E-state index is 0.0265. The van der Waals surface area contributed by atoms with Gasteiger partial charge in [-0.15, -0.1) is 0 Å². The summed E-state index contributed by atoms with van der Waals surface area (Å²) in [6, 6.07) is 0. The lowest BCUT2D eigenvalue weighted by Gasteiger charge is -2.73. The van der Waals surface area contributed by atoms with Gasteiger partial charge < -0.3 is 5.11 Å². The third-order valence-electron chi connectivity index (χ3n) is 13.4. The van der Waals surface area contributed by atoms with E-state index in [1.165, 1.54) is 44.9 Å².